The molecule has 2 bridgehead atoms. The first-order chi connectivity index (χ1) is 28.1. The number of anilines is 1. The topological polar surface area (TPSA) is 119 Å². The number of aromatic nitrogens is 3. The third-order valence-electron chi connectivity index (χ3n) is 13.1. The van der Waals surface area contributed by atoms with Crippen LogP contribution < -0.4 is 20.2 Å². The number of fused-ring (bicyclic) bond motifs is 7. The van der Waals surface area contributed by atoms with Crippen LogP contribution in [0.25, 0.3) is 32.9 Å². The third kappa shape index (κ3) is 6.02. The summed E-state index contributed by atoms with van der Waals surface area (Å²) in [5, 5.41) is 1.35. The molecule has 0 spiro atoms. The summed E-state index contributed by atoms with van der Waals surface area (Å²) < 4.78 is 76.0. The molecule has 302 valence electrons. The maximum Gasteiger partial charge on any atom is 0.519 e. The van der Waals surface area contributed by atoms with E-state index >= 15 is 8.78 Å². The van der Waals surface area contributed by atoms with Crippen molar-refractivity contribution in [3.8, 4) is 35.4 Å². The first kappa shape index (κ1) is 37.1. The number of hydrogen-bond acceptors (Lipinski definition) is 12. The summed E-state index contributed by atoms with van der Waals surface area (Å²) in [5.74, 6) is 2.29. The quantitative estimate of drug-likeness (QED) is 0.120. The van der Waals surface area contributed by atoms with Crippen LogP contribution in [0.3, 0.4) is 0 Å². The number of hydrogen-bond donors (Lipinski definition) is 0. The second-order valence-electron chi connectivity index (χ2n) is 16.3. The number of alkyl halides is 1. The van der Waals surface area contributed by atoms with Gasteiger partial charge in [-0.15, -0.1) is 6.42 Å². The van der Waals surface area contributed by atoms with Gasteiger partial charge in [-0.05, 0) is 82.0 Å². The molecule has 0 aliphatic carbocycles. The molecule has 0 saturated carbocycles. The molecule has 8 heterocycles. The van der Waals surface area contributed by atoms with Crippen molar-refractivity contribution in [1.82, 2.24) is 24.8 Å². The molecule has 0 amide bonds. The predicted molar refractivity (Wildman–Crippen MR) is 208 cm³/mol. The highest BCUT2D eigenvalue weighted by atomic mass is 19.1. The highest BCUT2D eigenvalue weighted by Crippen LogP contribution is 2.46. The summed E-state index contributed by atoms with van der Waals surface area (Å²) >= 11 is 0. The molecule has 0 N–H and O–H groups in total. The number of methoxy groups -OCH3 is 1. The molecule has 5 aliphatic heterocycles. The van der Waals surface area contributed by atoms with E-state index in [9.17, 15) is 9.18 Å². The zero-order valence-corrected chi connectivity index (χ0v) is 32.4. The minimum Gasteiger partial charge on any atom is -0.468 e. The van der Waals surface area contributed by atoms with Crippen molar-refractivity contribution in [3.63, 3.8) is 0 Å². The lowest BCUT2D eigenvalue weighted by molar-refractivity contribution is 0.0512. The van der Waals surface area contributed by atoms with E-state index in [2.05, 4.69) is 20.6 Å². The normalized spacial score (nSPS) is 25.5. The Morgan fingerprint density at radius 3 is 2.72 bits per heavy atom. The van der Waals surface area contributed by atoms with Gasteiger partial charge < -0.3 is 27.9 Å². The lowest BCUT2D eigenvalue weighted by Gasteiger charge is -2.48. The van der Waals surface area contributed by atoms with Crippen molar-refractivity contribution < 1.29 is 36.2 Å². The average molecular weight is 797 g/mol. The van der Waals surface area contributed by atoms with Gasteiger partial charge in [-0.1, -0.05) is 12.0 Å². The molecule has 2 aromatic carbocycles. The van der Waals surface area contributed by atoms with Crippen molar-refractivity contribution in [1.29, 1.82) is 0 Å². The number of ether oxygens (including phenoxy) is 3. The van der Waals surface area contributed by atoms with Gasteiger partial charge in [0.15, 0.2) is 18.4 Å². The Morgan fingerprint density at radius 1 is 1.03 bits per heavy atom. The van der Waals surface area contributed by atoms with E-state index < -0.39 is 29.2 Å². The Morgan fingerprint density at radius 2 is 1.91 bits per heavy atom. The second-order valence-corrected chi connectivity index (χ2v) is 16.3. The van der Waals surface area contributed by atoms with Gasteiger partial charge in [0.1, 0.15) is 47.1 Å². The maximum atomic E-state index is 17.7. The van der Waals surface area contributed by atoms with E-state index in [-0.39, 0.29) is 59.9 Å². The van der Waals surface area contributed by atoms with Crippen LogP contribution in [0.2, 0.25) is 0 Å². The van der Waals surface area contributed by atoms with Gasteiger partial charge >= 0.3 is 11.8 Å². The predicted octanol–water partition coefficient (Wildman–Crippen LogP) is 6.46. The minimum absolute atomic E-state index is 0.00433. The van der Waals surface area contributed by atoms with Crippen LogP contribution in [0.15, 0.2) is 37.9 Å². The molecule has 58 heavy (non-hydrogen) atoms. The largest absolute Gasteiger partial charge is 0.519 e. The molecular weight excluding hydrogens is 754 g/mol. The number of piperazine rings is 1. The van der Waals surface area contributed by atoms with Crippen molar-refractivity contribution in [2.75, 3.05) is 45.0 Å². The van der Waals surface area contributed by atoms with Crippen LogP contribution in [0.4, 0.5) is 19.0 Å². The molecule has 10 rings (SSSR count). The van der Waals surface area contributed by atoms with E-state index in [1.54, 1.807) is 25.1 Å². The lowest BCUT2D eigenvalue weighted by Crippen LogP contribution is -2.60. The molecule has 12 nitrogen and oxygen atoms in total. The maximum absolute atomic E-state index is 17.7. The fraction of sp³-hybridized carbons (Fsp3) is 0.488. The number of pyridine rings is 1. The highest BCUT2D eigenvalue weighted by molar-refractivity contribution is 6.03. The van der Waals surface area contributed by atoms with Crippen LogP contribution in [-0.2, 0) is 17.7 Å². The fourth-order valence-electron chi connectivity index (χ4n) is 10.6. The van der Waals surface area contributed by atoms with Gasteiger partial charge in [0.2, 0.25) is 0 Å². The van der Waals surface area contributed by atoms with E-state index in [0.29, 0.717) is 77.4 Å². The number of benzene rings is 2. The molecule has 4 fully saturated rings. The SMILES string of the molecule is C#Cc1c(F)ccc2cc(OCOC)cc(-c3nc4c5c(nc(OC[C@@]67CCCN6C[C@H](F)C7)nc5c3F)N3C[C@H]5CC[C@@H]([C@H]3CCC4)N5Cc3oc(=O)oc3C)c12. The zero-order valence-electron chi connectivity index (χ0n) is 32.4. The molecule has 0 radical (unpaired) electrons. The molecule has 0 unspecified atom stereocenters. The van der Waals surface area contributed by atoms with Gasteiger partial charge in [0, 0.05) is 55.7 Å². The van der Waals surface area contributed by atoms with E-state index in [1.807, 2.05) is 0 Å². The summed E-state index contributed by atoms with van der Waals surface area (Å²) in [7, 11) is 1.49. The Balaban J connectivity index is 1.14. The van der Waals surface area contributed by atoms with Gasteiger partial charge in [-0.3, -0.25) is 9.80 Å². The van der Waals surface area contributed by atoms with Crippen LogP contribution in [-0.4, -0.2) is 94.7 Å². The van der Waals surface area contributed by atoms with Gasteiger partial charge in [0.05, 0.1) is 28.7 Å². The summed E-state index contributed by atoms with van der Waals surface area (Å²) in [6.45, 7) is 3.99. The second kappa shape index (κ2) is 14.3. The first-order valence-corrected chi connectivity index (χ1v) is 20.0. The molecule has 5 aromatic rings. The molecule has 3 aromatic heterocycles. The van der Waals surface area contributed by atoms with Crippen LogP contribution in [0.5, 0.6) is 11.8 Å². The van der Waals surface area contributed by atoms with E-state index in [1.165, 1.54) is 13.2 Å². The minimum atomic E-state index is -0.953. The standard InChI is InChI=1S/C43H43F3N6O6/c1-4-28-30(45)11-9-24-15-27(56-22-54-3)16-29(35(24)28)38-37(46)39-36-31(47-38)7-5-8-32-33-12-10-26(51(33)20-34-23(2)57-42(53)58-34)19-52(32)40(36)49-41(48-39)55-21-43-13-6-14-50(43)18-25(44)17-43/h1,9,11,15-16,25-26,32-33H,5-8,10,12-14,17-22H2,2-3H3/t25-,26-,32-,33+,43+/m1/s1. The van der Waals surface area contributed by atoms with Crippen LogP contribution >= 0.6 is 0 Å². The van der Waals surface area contributed by atoms with Crippen molar-refractivity contribution in [2.45, 2.75) is 94.7 Å². The summed E-state index contributed by atoms with van der Waals surface area (Å²) in [6.07, 6.45) is 10.8. The van der Waals surface area contributed by atoms with E-state index in [0.717, 1.165) is 45.1 Å². The Kier molecular flexibility index (Phi) is 9.14. The van der Waals surface area contributed by atoms with Gasteiger partial charge in [-0.2, -0.15) is 9.97 Å². The Hall–Kier alpha value is -5.17. The lowest BCUT2D eigenvalue weighted by atomic mass is 9.92. The summed E-state index contributed by atoms with van der Waals surface area (Å²) in [4.78, 5) is 33.7. The zero-order chi connectivity index (χ0) is 39.9. The monoisotopic (exact) mass is 796 g/mol. The molecule has 15 heteroatoms. The number of rotatable bonds is 9. The smallest absolute Gasteiger partial charge is 0.468 e. The van der Waals surface area contributed by atoms with E-state index in [4.69, 9.17) is 44.4 Å². The molecule has 5 aliphatic rings. The summed E-state index contributed by atoms with van der Waals surface area (Å²) in [5.41, 5.74) is 0.319. The third-order valence-corrected chi connectivity index (χ3v) is 13.1. The average Bonchev–Trinajstić information content (AvgIpc) is 3.92. The van der Waals surface area contributed by atoms with Gasteiger partial charge in [-0.25, -0.2) is 22.9 Å². The first-order valence-electron chi connectivity index (χ1n) is 20.0. The van der Waals surface area contributed by atoms with Crippen LogP contribution in [0.1, 0.15) is 67.7 Å². The molecule has 5 atom stereocenters. The Bertz CT molecular complexity index is 2560. The highest BCUT2D eigenvalue weighted by Gasteiger charge is 2.50. The number of terminal acetylenes is 1. The number of halogens is 3. The summed E-state index contributed by atoms with van der Waals surface area (Å²) in [6, 6.07) is 6.32. The Labute approximate surface area is 332 Å². The van der Waals surface area contributed by atoms with Crippen LogP contribution in [0, 0.1) is 30.9 Å². The van der Waals surface area contributed by atoms with Gasteiger partial charge in [0.25, 0.3) is 0 Å². The number of nitrogens with zero attached hydrogens (tertiary/aromatic N) is 6. The fourth-order valence-corrected chi connectivity index (χ4v) is 10.6. The number of aryl methyl sites for hydroxylation is 2. The van der Waals surface area contributed by atoms with Crippen molar-refractivity contribution in [2.24, 2.45) is 0 Å². The van der Waals surface area contributed by atoms with Crippen molar-refractivity contribution in [3.05, 3.63) is 69.3 Å². The van der Waals surface area contributed by atoms with Crippen molar-refractivity contribution >= 4 is 27.5 Å². The molecular formula is C43H43F3N6O6. The molecule has 4 saturated heterocycles.